The Hall–Kier alpha value is -2.03. The number of ether oxygens (including phenoxy) is 2. The van der Waals surface area contributed by atoms with Gasteiger partial charge in [-0.15, -0.1) is 0 Å². The molecular formula is C21H23F2NO4S. The molecule has 0 aliphatic carbocycles. The first-order valence-corrected chi connectivity index (χ1v) is 11.4. The molecule has 0 amide bonds. The van der Waals surface area contributed by atoms with Crippen molar-refractivity contribution in [3.63, 3.8) is 0 Å². The van der Waals surface area contributed by atoms with E-state index in [0.29, 0.717) is 31.7 Å². The van der Waals surface area contributed by atoms with Gasteiger partial charge in [-0.2, -0.15) is 0 Å². The third-order valence-electron chi connectivity index (χ3n) is 5.43. The van der Waals surface area contributed by atoms with Crippen molar-refractivity contribution in [1.82, 2.24) is 5.32 Å². The van der Waals surface area contributed by atoms with Crippen LogP contribution in [0.3, 0.4) is 0 Å². The summed E-state index contributed by atoms with van der Waals surface area (Å²) in [5, 5.41) is 3.49. The molecule has 2 aromatic carbocycles. The first-order chi connectivity index (χ1) is 13.8. The molecule has 0 aromatic heterocycles. The van der Waals surface area contributed by atoms with Crippen molar-refractivity contribution in [3.8, 4) is 11.5 Å². The van der Waals surface area contributed by atoms with Crippen LogP contribution in [0.5, 0.6) is 11.5 Å². The quantitative estimate of drug-likeness (QED) is 0.796. The third-order valence-corrected chi connectivity index (χ3v) is 7.23. The molecule has 2 aromatic rings. The van der Waals surface area contributed by atoms with Gasteiger partial charge in [0.25, 0.3) is 0 Å². The molecule has 2 aliphatic heterocycles. The molecular weight excluding hydrogens is 400 g/mol. The molecule has 4 rings (SSSR count). The molecule has 0 radical (unpaired) electrons. The number of rotatable bonds is 5. The van der Waals surface area contributed by atoms with Crippen LogP contribution in [0.4, 0.5) is 8.78 Å². The predicted molar refractivity (Wildman–Crippen MR) is 105 cm³/mol. The zero-order valence-electron chi connectivity index (χ0n) is 15.9. The van der Waals surface area contributed by atoms with Crippen LogP contribution < -0.4 is 10.1 Å². The Morgan fingerprint density at radius 1 is 1.10 bits per heavy atom. The lowest BCUT2D eigenvalue weighted by Crippen LogP contribution is -2.47. The predicted octanol–water partition coefficient (Wildman–Crippen LogP) is 3.58. The highest BCUT2D eigenvalue weighted by Gasteiger charge is 2.46. The van der Waals surface area contributed by atoms with Crippen molar-refractivity contribution in [3.05, 3.63) is 59.7 Å². The molecule has 5 nitrogen and oxygen atoms in total. The molecule has 0 bridgehead atoms. The Labute approximate surface area is 168 Å². The lowest BCUT2D eigenvalue weighted by atomic mass is 9.90. The molecule has 156 valence electrons. The fraction of sp³-hybridized carbons (Fsp3) is 0.429. The van der Waals surface area contributed by atoms with E-state index < -0.39 is 27.1 Å². The monoisotopic (exact) mass is 423 g/mol. The van der Waals surface area contributed by atoms with Gasteiger partial charge in [-0.3, -0.25) is 0 Å². The average Bonchev–Trinajstić information content (AvgIpc) is 2.94. The highest BCUT2D eigenvalue weighted by atomic mass is 32.2. The lowest BCUT2D eigenvalue weighted by Gasteiger charge is -2.37. The summed E-state index contributed by atoms with van der Waals surface area (Å²) in [6.07, 6.45) is 2.10. The number of halogens is 2. The topological polar surface area (TPSA) is 64.6 Å². The van der Waals surface area contributed by atoms with Crippen molar-refractivity contribution >= 4 is 9.84 Å². The first-order valence-electron chi connectivity index (χ1n) is 9.62. The molecule has 2 unspecified atom stereocenters. The number of nitrogens with one attached hydrogen (secondary N) is 1. The van der Waals surface area contributed by atoms with E-state index in [1.165, 1.54) is 0 Å². The fourth-order valence-electron chi connectivity index (χ4n) is 4.02. The van der Waals surface area contributed by atoms with Gasteiger partial charge in [-0.05, 0) is 37.0 Å². The van der Waals surface area contributed by atoms with Gasteiger partial charge < -0.3 is 14.8 Å². The van der Waals surface area contributed by atoms with Crippen LogP contribution >= 0.6 is 0 Å². The van der Waals surface area contributed by atoms with Gasteiger partial charge in [-0.1, -0.05) is 12.1 Å². The lowest BCUT2D eigenvalue weighted by molar-refractivity contribution is -0.0705. The van der Waals surface area contributed by atoms with Crippen molar-refractivity contribution in [2.75, 3.05) is 18.1 Å². The Bertz CT molecular complexity index is 960. The molecule has 2 heterocycles. The van der Waals surface area contributed by atoms with Gasteiger partial charge in [0.05, 0.1) is 17.1 Å². The van der Waals surface area contributed by atoms with E-state index in [1.54, 1.807) is 12.1 Å². The van der Waals surface area contributed by atoms with Crippen LogP contribution in [-0.2, 0) is 21.1 Å². The van der Waals surface area contributed by atoms with Crippen LogP contribution in [0.1, 0.15) is 24.8 Å². The fourth-order valence-corrected chi connectivity index (χ4v) is 6.00. The third kappa shape index (κ3) is 5.12. The zero-order chi connectivity index (χ0) is 20.5. The van der Waals surface area contributed by atoms with Gasteiger partial charge in [-0.25, -0.2) is 17.2 Å². The summed E-state index contributed by atoms with van der Waals surface area (Å²) in [6, 6.07) is 10.5. The molecule has 2 saturated heterocycles. The minimum absolute atomic E-state index is 0.104. The second kappa shape index (κ2) is 8.01. The van der Waals surface area contributed by atoms with Crippen LogP contribution in [0.2, 0.25) is 0 Å². The van der Waals surface area contributed by atoms with E-state index in [0.717, 1.165) is 30.2 Å². The number of benzene rings is 2. The Morgan fingerprint density at radius 2 is 1.83 bits per heavy atom. The van der Waals surface area contributed by atoms with Crippen LogP contribution in [0, 0.1) is 11.6 Å². The SMILES string of the molecule is O=S1(=O)CCC2(CC(NCc3ccc(Oc4cc(F)cc(F)c4)cc3)CCO2)C1. The Kier molecular flexibility index (Phi) is 5.59. The summed E-state index contributed by atoms with van der Waals surface area (Å²) < 4.78 is 61.5. The van der Waals surface area contributed by atoms with E-state index in [1.807, 2.05) is 12.1 Å². The Balaban J connectivity index is 1.32. The first kappa shape index (κ1) is 20.3. The van der Waals surface area contributed by atoms with Gasteiger partial charge in [0.1, 0.15) is 23.1 Å². The molecule has 8 heteroatoms. The van der Waals surface area contributed by atoms with Crippen LogP contribution in [0.25, 0.3) is 0 Å². The summed E-state index contributed by atoms with van der Waals surface area (Å²) in [7, 11) is -2.99. The second-order valence-corrected chi connectivity index (χ2v) is 9.98. The maximum absolute atomic E-state index is 13.3. The van der Waals surface area contributed by atoms with E-state index in [-0.39, 0.29) is 23.3 Å². The maximum atomic E-state index is 13.3. The highest BCUT2D eigenvalue weighted by Crippen LogP contribution is 2.35. The smallest absolute Gasteiger partial charge is 0.153 e. The normalized spacial score (nSPS) is 25.9. The van der Waals surface area contributed by atoms with Gasteiger partial charge >= 0.3 is 0 Å². The van der Waals surface area contributed by atoms with E-state index in [4.69, 9.17) is 9.47 Å². The minimum Gasteiger partial charge on any atom is -0.457 e. The number of hydrogen-bond acceptors (Lipinski definition) is 5. The Morgan fingerprint density at radius 3 is 2.48 bits per heavy atom. The summed E-state index contributed by atoms with van der Waals surface area (Å²) in [6.45, 7) is 1.19. The highest BCUT2D eigenvalue weighted by molar-refractivity contribution is 7.91. The number of sulfone groups is 1. The van der Waals surface area contributed by atoms with Crippen LogP contribution in [0.15, 0.2) is 42.5 Å². The van der Waals surface area contributed by atoms with Crippen LogP contribution in [-0.4, -0.2) is 38.2 Å². The van der Waals surface area contributed by atoms with Crippen molar-refractivity contribution < 1.29 is 26.7 Å². The molecule has 29 heavy (non-hydrogen) atoms. The maximum Gasteiger partial charge on any atom is 0.153 e. The van der Waals surface area contributed by atoms with Crippen molar-refractivity contribution in [2.45, 2.75) is 37.5 Å². The summed E-state index contributed by atoms with van der Waals surface area (Å²) >= 11 is 0. The average molecular weight is 423 g/mol. The molecule has 0 saturated carbocycles. The summed E-state index contributed by atoms with van der Waals surface area (Å²) in [5.41, 5.74) is 0.495. The summed E-state index contributed by atoms with van der Waals surface area (Å²) in [4.78, 5) is 0. The van der Waals surface area contributed by atoms with Gasteiger partial charge in [0.2, 0.25) is 0 Å². The van der Waals surface area contributed by atoms with Gasteiger partial charge in [0.15, 0.2) is 9.84 Å². The van der Waals surface area contributed by atoms with E-state index >= 15 is 0 Å². The molecule has 2 atom stereocenters. The van der Waals surface area contributed by atoms with E-state index in [2.05, 4.69) is 5.32 Å². The van der Waals surface area contributed by atoms with E-state index in [9.17, 15) is 17.2 Å². The minimum atomic E-state index is -2.99. The largest absolute Gasteiger partial charge is 0.457 e. The standard InChI is InChI=1S/C21H23F2NO4S/c22-16-9-17(23)11-20(10-16)28-19-3-1-15(2-4-19)13-24-18-5-7-27-21(12-18)6-8-29(25,26)14-21/h1-4,9-11,18,24H,5-8,12-14H2. The molecule has 1 spiro atoms. The molecule has 2 fully saturated rings. The van der Waals surface area contributed by atoms with Crippen molar-refractivity contribution in [1.29, 1.82) is 0 Å². The second-order valence-electron chi connectivity index (χ2n) is 7.80. The number of hydrogen-bond donors (Lipinski definition) is 1. The molecule has 1 N–H and O–H groups in total. The van der Waals surface area contributed by atoms with Gasteiger partial charge in [0, 0.05) is 37.4 Å². The zero-order valence-corrected chi connectivity index (χ0v) is 16.7. The molecule has 2 aliphatic rings. The summed E-state index contributed by atoms with van der Waals surface area (Å²) in [5.74, 6) is -0.469. The van der Waals surface area contributed by atoms with Crippen molar-refractivity contribution in [2.24, 2.45) is 0 Å².